The Balaban J connectivity index is 2.13. The van der Waals surface area contributed by atoms with E-state index < -0.39 is 17.5 Å². The lowest BCUT2D eigenvalue weighted by atomic mass is 10.2. The van der Waals surface area contributed by atoms with Gasteiger partial charge in [-0.15, -0.1) is 5.10 Å². The lowest BCUT2D eigenvalue weighted by Crippen LogP contribution is -2.16. The van der Waals surface area contributed by atoms with Crippen molar-refractivity contribution in [2.45, 2.75) is 0 Å². The number of rotatable bonds is 4. The highest BCUT2D eigenvalue weighted by Gasteiger charge is 2.18. The van der Waals surface area contributed by atoms with Gasteiger partial charge in [-0.05, 0) is 24.3 Å². The van der Waals surface area contributed by atoms with E-state index in [4.69, 9.17) is 21.4 Å². The maximum atomic E-state index is 14.0. The van der Waals surface area contributed by atoms with Gasteiger partial charge in [0.15, 0.2) is 5.82 Å². The molecule has 0 spiro atoms. The van der Waals surface area contributed by atoms with Crippen LogP contribution >= 0.6 is 11.6 Å². The van der Waals surface area contributed by atoms with Gasteiger partial charge in [-0.25, -0.2) is 14.0 Å². The predicted molar refractivity (Wildman–Crippen MR) is 88.1 cm³/mol. The number of nitrogens with one attached hydrogen (secondary N) is 1. The highest BCUT2D eigenvalue weighted by atomic mass is 35.5. The number of hydrogen-bond donors (Lipinski definition) is 2. The first-order valence-electron chi connectivity index (χ1n) is 6.98. The first-order valence-corrected chi connectivity index (χ1v) is 7.35. The van der Waals surface area contributed by atoms with Gasteiger partial charge in [-0.1, -0.05) is 17.7 Å². The number of aromatic carboxylic acids is 1. The zero-order valence-corrected chi connectivity index (χ0v) is 13.5. The lowest BCUT2D eigenvalue weighted by molar-refractivity contribution is 0.0693. The average molecular weight is 364 g/mol. The molecule has 0 fully saturated rings. The summed E-state index contributed by atoms with van der Waals surface area (Å²) in [5.41, 5.74) is -0.484. The zero-order chi connectivity index (χ0) is 18.1. The molecule has 9 heteroatoms. The molecule has 0 atom stereocenters. The van der Waals surface area contributed by atoms with Gasteiger partial charge >= 0.3 is 11.7 Å². The van der Waals surface area contributed by atoms with Crippen molar-refractivity contribution in [3.63, 3.8) is 0 Å². The van der Waals surface area contributed by atoms with Crippen LogP contribution in [0, 0.1) is 5.82 Å². The van der Waals surface area contributed by atoms with Crippen LogP contribution in [0.15, 0.2) is 41.2 Å². The molecule has 0 saturated carbocycles. The molecule has 25 heavy (non-hydrogen) atoms. The SMILES string of the molecule is COc1cc(-n2nc(-c3c(F)cccc3Cl)[nH]c2=O)ccc1C(=O)O. The van der Waals surface area contributed by atoms with E-state index in [9.17, 15) is 14.0 Å². The molecule has 128 valence electrons. The number of carboxylic acid groups (broad SMARTS) is 1. The molecule has 0 saturated heterocycles. The summed E-state index contributed by atoms with van der Waals surface area (Å²) in [4.78, 5) is 25.7. The highest BCUT2D eigenvalue weighted by Crippen LogP contribution is 2.28. The Labute approximate surface area is 145 Å². The molecule has 0 radical (unpaired) electrons. The third-order valence-corrected chi connectivity index (χ3v) is 3.79. The molecule has 0 aliphatic carbocycles. The van der Waals surface area contributed by atoms with Crippen LogP contribution in [-0.4, -0.2) is 33.0 Å². The fraction of sp³-hybridized carbons (Fsp3) is 0.0625. The summed E-state index contributed by atoms with van der Waals surface area (Å²) in [5.74, 6) is -1.79. The number of hydrogen-bond acceptors (Lipinski definition) is 4. The molecule has 7 nitrogen and oxygen atoms in total. The summed E-state index contributed by atoms with van der Waals surface area (Å²) < 4.78 is 20.0. The molecule has 3 rings (SSSR count). The summed E-state index contributed by atoms with van der Waals surface area (Å²) in [6.45, 7) is 0. The van der Waals surface area contributed by atoms with Gasteiger partial charge in [-0.3, -0.25) is 4.98 Å². The predicted octanol–water partition coefficient (Wildman–Crippen LogP) is 2.73. The molecular formula is C16H11ClFN3O4. The topological polar surface area (TPSA) is 97.2 Å². The number of nitrogens with zero attached hydrogens (tertiary/aromatic N) is 2. The third-order valence-electron chi connectivity index (χ3n) is 3.48. The molecule has 0 bridgehead atoms. The van der Waals surface area contributed by atoms with E-state index in [1.807, 2.05) is 0 Å². The maximum Gasteiger partial charge on any atom is 0.348 e. The normalized spacial score (nSPS) is 10.7. The van der Waals surface area contributed by atoms with Crippen LogP contribution in [0.1, 0.15) is 10.4 Å². The molecule has 1 heterocycles. The van der Waals surface area contributed by atoms with E-state index >= 15 is 0 Å². The van der Waals surface area contributed by atoms with E-state index in [1.165, 1.54) is 43.5 Å². The van der Waals surface area contributed by atoms with Crippen LogP contribution in [0.2, 0.25) is 5.02 Å². The number of carbonyl (C=O) groups is 1. The fourth-order valence-electron chi connectivity index (χ4n) is 2.32. The minimum atomic E-state index is -1.17. The molecule has 0 aliphatic rings. The standard InChI is InChI=1S/C16H11ClFN3O4/c1-25-12-7-8(5-6-9(12)15(22)23)21-16(24)19-14(20-21)13-10(17)3-2-4-11(13)18/h2-7H,1H3,(H,22,23)(H,19,20,24). The lowest BCUT2D eigenvalue weighted by Gasteiger charge is -2.07. The maximum absolute atomic E-state index is 14.0. The van der Waals surface area contributed by atoms with Crippen molar-refractivity contribution in [1.29, 1.82) is 0 Å². The number of benzene rings is 2. The number of methoxy groups -OCH3 is 1. The molecule has 0 aliphatic heterocycles. The van der Waals surface area contributed by atoms with E-state index in [-0.39, 0.29) is 33.4 Å². The molecule has 1 aromatic heterocycles. The van der Waals surface area contributed by atoms with Gasteiger partial charge in [-0.2, -0.15) is 4.68 Å². The van der Waals surface area contributed by atoms with Crippen LogP contribution < -0.4 is 10.4 Å². The summed E-state index contributed by atoms with van der Waals surface area (Å²) >= 11 is 5.98. The van der Waals surface area contributed by atoms with Crippen LogP contribution in [0.4, 0.5) is 4.39 Å². The number of halogens is 2. The summed E-state index contributed by atoms with van der Waals surface area (Å²) in [5, 5.41) is 13.2. The Kier molecular flexibility index (Phi) is 4.28. The molecule has 2 aromatic carbocycles. The van der Waals surface area contributed by atoms with Gasteiger partial charge in [0, 0.05) is 6.07 Å². The first-order chi connectivity index (χ1) is 11.9. The smallest absolute Gasteiger partial charge is 0.348 e. The number of aromatic nitrogens is 3. The van der Waals surface area contributed by atoms with Gasteiger partial charge in [0.1, 0.15) is 17.1 Å². The van der Waals surface area contributed by atoms with Crippen molar-refractivity contribution < 1.29 is 19.0 Å². The average Bonchev–Trinajstić information content (AvgIpc) is 2.95. The second kappa shape index (κ2) is 6.40. The molecular weight excluding hydrogens is 353 g/mol. The highest BCUT2D eigenvalue weighted by molar-refractivity contribution is 6.33. The van der Waals surface area contributed by atoms with Crippen molar-refractivity contribution in [1.82, 2.24) is 14.8 Å². The quantitative estimate of drug-likeness (QED) is 0.742. The van der Waals surface area contributed by atoms with E-state index in [2.05, 4.69) is 10.1 Å². The largest absolute Gasteiger partial charge is 0.496 e. The first kappa shape index (κ1) is 16.7. The van der Waals surface area contributed by atoms with E-state index in [0.717, 1.165) is 4.68 Å². The summed E-state index contributed by atoms with van der Waals surface area (Å²) in [7, 11) is 1.31. The van der Waals surface area contributed by atoms with E-state index in [0.29, 0.717) is 0 Å². The van der Waals surface area contributed by atoms with Gasteiger partial charge in [0.05, 0.1) is 23.4 Å². The van der Waals surface area contributed by atoms with Crippen LogP contribution in [0.25, 0.3) is 17.1 Å². The second-order valence-electron chi connectivity index (χ2n) is 4.98. The monoisotopic (exact) mass is 363 g/mol. The fourth-order valence-corrected chi connectivity index (χ4v) is 2.58. The van der Waals surface area contributed by atoms with Crippen molar-refractivity contribution >= 4 is 17.6 Å². The number of ether oxygens (including phenoxy) is 1. The van der Waals surface area contributed by atoms with Crippen molar-refractivity contribution in [3.05, 3.63) is 63.3 Å². The van der Waals surface area contributed by atoms with Crippen LogP contribution in [0.5, 0.6) is 5.75 Å². The van der Waals surface area contributed by atoms with Gasteiger partial charge in [0.25, 0.3) is 0 Å². The van der Waals surface area contributed by atoms with Crippen molar-refractivity contribution in [2.24, 2.45) is 0 Å². The third kappa shape index (κ3) is 2.99. The Hall–Kier alpha value is -3.13. The second-order valence-corrected chi connectivity index (χ2v) is 5.38. The number of H-pyrrole nitrogens is 1. The Bertz CT molecular complexity index is 1010. The van der Waals surface area contributed by atoms with Gasteiger partial charge in [0.2, 0.25) is 0 Å². The molecule has 3 aromatic rings. The summed E-state index contributed by atoms with van der Waals surface area (Å²) in [6, 6.07) is 8.13. The summed E-state index contributed by atoms with van der Waals surface area (Å²) in [6.07, 6.45) is 0. The van der Waals surface area contributed by atoms with Crippen molar-refractivity contribution in [2.75, 3.05) is 7.11 Å². The minimum absolute atomic E-state index is 0.0332. The van der Waals surface area contributed by atoms with Crippen molar-refractivity contribution in [3.8, 4) is 22.8 Å². The van der Waals surface area contributed by atoms with Crippen LogP contribution in [-0.2, 0) is 0 Å². The number of carboxylic acids is 1. The van der Waals surface area contributed by atoms with E-state index in [1.54, 1.807) is 0 Å². The zero-order valence-electron chi connectivity index (χ0n) is 12.8. The molecule has 0 amide bonds. The van der Waals surface area contributed by atoms with Crippen LogP contribution in [0.3, 0.4) is 0 Å². The molecule has 2 N–H and O–H groups in total. The Morgan fingerprint density at radius 1 is 1.36 bits per heavy atom. The molecule has 0 unspecified atom stereocenters. The minimum Gasteiger partial charge on any atom is -0.496 e. The number of aromatic amines is 1. The Morgan fingerprint density at radius 2 is 2.12 bits per heavy atom. The Morgan fingerprint density at radius 3 is 2.76 bits per heavy atom. The van der Waals surface area contributed by atoms with Gasteiger partial charge < -0.3 is 9.84 Å².